The van der Waals surface area contributed by atoms with Crippen molar-refractivity contribution in [2.24, 2.45) is 0 Å². The molecule has 26 heavy (non-hydrogen) atoms. The van der Waals surface area contributed by atoms with Crippen LogP contribution >= 0.6 is 11.6 Å². The zero-order valence-corrected chi connectivity index (χ0v) is 14.8. The van der Waals surface area contributed by atoms with Gasteiger partial charge >= 0.3 is 5.97 Å². The van der Waals surface area contributed by atoms with Gasteiger partial charge in [0.05, 0.1) is 16.9 Å². The van der Waals surface area contributed by atoms with Crippen molar-refractivity contribution < 1.29 is 9.90 Å². The molecule has 0 bridgehead atoms. The first-order valence-corrected chi connectivity index (χ1v) is 8.97. The van der Waals surface area contributed by atoms with Crippen molar-refractivity contribution in [3.05, 3.63) is 64.7 Å². The van der Waals surface area contributed by atoms with Gasteiger partial charge in [0.1, 0.15) is 5.82 Å². The van der Waals surface area contributed by atoms with Crippen LogP contribution in [-0.2, 0) is 6.42 Å². The molecule has 4 rings (SSSR count). The summed E-state index contributed by atoms with van der Waals surface area (Å²) in [6, 6.07) is 14.5. The molecule has 1 aliphatic heterocycles. The highest BCUT2D eigenvalue weighted by Crippen LogP contribution is 2.34. The maximum Gasteiger partial charge on any atom is 0.335 e. The van der Waals surface area contributed by atoms with E-state index in [1.165, 1.54) is 5.56 Å². The van der Waals surface area contributed by atoms with E-state index in [0.29, 0.717) is 5.02 Å². The minimum Gasteiger partial charge on any atom is -0.478 e. The van der Waals surface area contributed by atoms with Crippen molar-refractivity contribution in [3.8, 4) is 16.9 Å². The Morgan fingerprint density at radius 3 is 2.69 bits per heavy atom. The molecule has 0 atom stereocenters. The van der Waals surface area contributed by atoms with Crippen molar-refractivity contribution >= 4 is 23.4 Å². The number of anilines is 1. The van der Waals surface area contributed by atoms with E-state index in [2.05, 4.69) is 5.32 Å². The van der Waals surface area contributed by atoms with E-state index in [-0.39, 0.29) is 5.56 Å². The van der Waals surface area contributed by atoms with E-state index in [4.69, 9.17) is 21.8 Å². The minimum absolute atomic E-state index is 0.259. The predicted octanol–water partition coefficient (Wildman–Crippen LogP) is 4.64. The van der Waals surface area contributed by atoms with Crippen molar-refractivity contribution in [3.63, 3.8) is 0 Å². The first kappa shape index (κ1) is 16.7. The van der Waals surface area contributed by atoms with Crippen molar-refractivity contribution in [2.45, 2.75) is 19.3 Å². The molecule has 0 spiro atoms. The number of halogens is 1. The second-order valence-electron chi connectivity index (χ2n) is 6.33. The highest BCUT2D eigenvalue weighted by molar-refractivity contribution is 6.30. The molecule has 0 aliphatic carbocycles. The predicted molar refractivity (Wildman–Crippen MR) is 102 cm³/mol. The molecule has 0 unspecified atom stereocenters. The standard InChI is InChI=1S/C20H18ClN3O2/c21-15-5-3-4-14(12-15)18-17-6-1-2-11-22-19(17)24(23-18)16-9-7-13(8-10-16)20(25)26/h3-5,7-10,12,22H,1-2,6,11H2,(H,25,26). The van der Waals surface area contributed by atoms with Crippen molar-refractivity contribution in [1.29, 1.82) is 0 Å². The fourth-order valence-corrected chi connectivity index (χ4v) is 3.49. The van der Waals surface area contributed by atoms with E-state index in [1.807, 2.05) is 28.9 Å². The van der Waals surface area contributed by atoms with Gasteiger partial charge in [0.2, 0.25) is 0 Å². The number of fused-ring (bicyclic) bond motifs is 1. The van der Waals surface area contributed by atoms with Crippen molar-refractivity contribution in [1.82, 2.24) is 9.78 Å². The third kappa shape index (κ3) is 3.06. The fraction of sp³-hybridized carbons (Fsp3) is 0.200. The topological polar surface area (TPSA) is 67.1 Å². The number of benzene rings is 2. The van der Waals surface area contributed by atoms with Crippen LogP contribution in [-0.4, -0.2) is 27.4 Å². The maximum atomic E-state index is 11.1. The van der Waals surface area contributed by atoms with Crippen LogP contribution in [0.4, 0.5) is 5.82 Å². The second-order valence-corrected chi connectivity index (χ2v) is 6.77. The third-order valence-corrected chi connectivity index (χ3v) is 4.82. The zero-order chi connectivity index (χ0) is 18.1. The van der Waals surface area contributed by atoms with Crippen LogP contribution in [0.25, 0.3) is 16.9 Å². The molecule has 2 N–H and O–H groups in total. The Kier molecular flexibility index (Phi) is 4.39. The summed E-state index contributed by atoms with van der Waals surface area (Å²) in [6.07, 6.45) is 3.14. The molecule has 132 valence electrons. The van der Waals surface area contributed by atoms with E-state index < -0.39 is 5.97 Å². The van der Waals surface area contributed by atoms with Gasteiger partial charge in [-0.3, -0.25) is 0 Å². The normalized spacial score (nSPS) is 13.6. The van der Waals surface area contributed by atoms with Gasteiger partial charge in [0.25, 0.3) is 0 Å². The van der Waals surface area contributed by atoms with Gasteiger partial charge in [-0.2, -0.15) is 5.10 Å². The number of aromatic nitrogens is 2. The lowest BCUT2D eigenvalue weighted by Crippen LogP contribution is -2.07. The number of nitrogens with zero attached hydrogens (tertiary/aromatic N) is 2. The van der Waals surface area contributed by atoms with Gasteiger partial charge in [-0.25, -0.2) is 9.48 Å². The molecular weight excluding hydrogens is 350 g/mol. The minimum atomic E-state index is -0.936. The van der Waals surface area contributed by atoms with Crippen LogP contribution in [0.3, 0.4) is 0 Å². The summed E-state index contributed by atoms with van der Waals surface area (Å²) in [7, 11) is 0. The quantitative estimate of drug-likeness (QED) is 0.707. The maximum absolute atomic E-state index is 11.1. The highest BCUT2D eigenvalue weighted by atomic mass is 35.5. The molecule has 0 saturated heterocycles. The van der Waals surface area contributed by atoms with Crippen LogP contribution in [0, 0.1) is 0 Å². The average molecular weight is 368 g/mol. The molecule has 1 aromatic heterocycles. The first-order chi connectivity index (χ1) is 12.6. The zero-order valence-electron chi connectivity index (χ0n) is 14.1. The molecule has 0 fully saturated rings. The van der Waals surface area contributed by atoms with Gasteiger partial charge in [-0.15, -0.1) is 0 Å². The lowest BCUT2D eigenvalue weighted by atomic mass is 10.0. The Morgan fingerprint density at radius 2 is 1.96 bits per heavy atom. The van der Waals surface area contributed by atoms with Gasteiger partial charge in [0.15, 0.2) is 0 Å². The molecule has 5 nitrogen and oxygen atoms in total. The molecule has 2 aromatic carbocycles. The summed E-state index contributed by atoms with van der Waals surface area (Å²) in [5.74, 6) is 0.0362. The number of aromatic carboxylic acids is 1. The molecule has 3 aromatic rings. The summed E-state index contributed by atoms with van der Waals surface area (Å²) in [5, 5.41) is 18.1. The largest absolute Gasteiger partial charge is 0.478 e. The lowest BCUT2D eigenvalue weighted by Gasteiger charge is -2.09. The average Bonchev–Trinajstić information content (AvgIpc) is 2.83. The monoisotopic (exact) mass is 367 g/mol. The summed E-state index contributed by atoms with van der Waals surface area (Å²) >= 11 is 6.18. The van der Waals surface area contributed by atoms with Gasteiger partial charge < -0.3 is 10.4 Å². The van der Waals surface area contributed by atoms with E-state index >= 15 is 0 Å². The van der Waals surface area contributed by atoms with Crippen molar-refractivity contribution in [2.75, 3.05) is 11.9 Å². The summed E-state index contributed by atoms with van der Waals surface area (Å²) in [6.45, 7) is 0.890. The van der Waals surface area contributed by atoms with Crippen LogP contribution in [0.5, 0.6) is 0 Å². The lowest BCUT2D eigenvalue weighted by molar-refractivity contribution is 0.0697. The van der Waals surface area contributed by atoms with Crippen LogP contribution in [0.15, 0.2) is 48.5 Å². The smallest absolute Gasteiger partial charge is 0.335 e. The Labute approximate surface area is 156 Å². The van der Waals surface area contributed by atoms with Gasteiger partial charge in [-0.1, -0.05) is 23.7 Å². The van der Waals surface area contributed by atoms with E-state index in [0.717, 1.165) is 48.6 Å². The number of carboxylic acid groups (broad SMARTS) is 1. The molecule has 2 heterocycles. The van der Waals surface area contributed by atoms with E-state index in [9.17, 15) is 4.79 Å². The van der Waals surface area contributed by atoms with Crippen LogP contribution in [0.2, 0.25) is 5.02 Å². The fourth-order valence-electron chi connectivity index (χ4n) is 3.30. The number of rotatable bonds is 3. The third-order valence-electron chi connectivity index (χ3n) is 4.59. The second kappa shape index (κ2) is 6.84. The summed E-state index contributed by atoms with van der Waals surface area (Å²) in [5.41, 5.74) is 4.16. The highest BCUT2D eigenvalue weighted by Gasteiger charge is 2.21. The number of nitrogens with one attached hydrogen (secondary N) is 1. The number of carboxylic acids is 1. The Balaban J connectivity index is 1.86. The van der Waals surface area contributed by atoms with Gasteiger partial charge in [0, 0.05) is 22.7 Å². The Hall–Kier alpha value is -2.79. The molecule has 0 saturated carbocycles. The molecule has 1 aliphatic rings. The first-order valence-electron chi connectivity index (χ1n) is 8.59. The molecular formula is C20H18ClN3O2. The number of carbonyl (C=O) groups is 1. The molecule has 0 amide bonds. The summed E-state index contributed by atoms with van der Waals surface area (Å²) < 4.78 is 1.86. The molecule has 6 heteroatoms. The van der Waals surface area contributed by atoms with E-state index in [1.54, 1.807) is 24.3 Å². The molecule has 0 radical (unpaired) electrons. The summed E-state index contributed by atoms with van der Waals surface area (Å²) in [4.78, 5) is 11.1. The number of hydrogen-bond donors (Lipinski definition) is 2. The SMILES string of the molecule is O=C(O)c1ccc(-n2nc(-c3cccc(Cl)c3)c3c2NCCCC3)cc1. The Morgan fingerprint density at radius 1 is 1.15 bits per heavy atom. The number of hydrogen-bond acceptors (Lipinski definition) is 3. The van der Waals surface area contributed by atoms with Crippen LogP contribution < -0.4 is 5.32 Å². The van der Waals surface area contributed by atoms with Gasteiger partial charge in [-0.05, 0) is 55.7 Å². The Bertz CT molecular complexity index is 964. The van der Waals surface area contributed by atoms with Crippen LogP contribution in [0.1, 0.15) is 28.8 Å².